The fraction of sp³-hybridized carbons (Fsp3) is 0.333. The van der Waals surface area contributed by atoms with Gasteiger partial charge in [-0.1, -0.05) is 0 Å². The number of alkyl halides is 1. The van der Waals surface area contributed by atoms with Crippen molar-refractivity contribution in [2.24, 2.45) is 0 Å². The quantitative estimate of drug-likeness (QED) is 0.620. The molecule has 0 aliphatic rings. The summed E-state index contributed by atoms with van der Waals surface area (Å²) in [5, 5.41) is 0.0321. The van der Waals surface area contributed by atoms with Crippen LogP contribution in [0.3, 0.4) is 0 Å². The van der Waals surface area contributed by atoms with Crippen molar-refractivity contribution in [1.29, 1.82) is 0 Å². The molecule has 0 aliphatic heterocycles. The number of halogens is 1. The van der Waals surface area contributed by atoms with E-state index in [-0.39, 0.29) is 11.2 Å². The number of benzene rings is 1. The van der Waals surface area contributed by atoms with Crippen LogP contribution < -0.4 is 9.20 Å². The zero-order chi connectivity index (χ0) is 10.6. The summed E-state index contributed by atoms with van der Waals surface area (Å²) < 4.78 is 28.4. The van der Waals surface area contributed by atoms with E-state index in [0.717, 1.165) is 0 Å². The molecule has 0 fully saturated rings. The van der Waals surface area contributed by atoms with Crippen molar-refractivity contribution in [2.45, 2.75) is 5.32 Å². The Hall–Kier alpha value is -0.571. The van der Waals surface area contributed by atoms with E-state index in [2.05, 4.69) is 0 Å². The maximum atomic E-state index is 11.6. The predicted octanol–water partition coefficient (Wildman–Crippen LogP) is 1.44. The Morgan fingerprint density at radius 1 is 1.29 bits per heavy atom. The van der Waals surface area contributed by atoms with Crippen LogP contribution in [0, 0.1) is 0 Å². The normalized spacial score (nSPS) is 11.3. The van der Waals surface area contributed by atoms with Crippen LogP contribution in [-0.4, -0.2) is 25.7 Å². The van der Waals surface area contributed by atoms with Gasteiger partial charge in [-0.25, -0.2) is 0 Å². The van der Waals surface area contributed by atoms with E-state index < -0.39 is 12.7 Å². The molecule has 0 bridgehead atoms. The number of hydrogen-bond donors (Lipinski definition) is 0. The van der Waals surface area contributed by atoms with Gasteiger partial charge in [0.05, 0.1) is 0 Å². The second-order valence-corrected chi connectivity index (χ2v) is 7.49. The third-order valence-electron chi connectivity index (χ3n) is 1.76. The summed E-state index contributed by atoms with van der Waals surface area (Å²) in [5.41, 5.74) is 0. The van der Waals surface area contributed by atoms with E-state index in [1.165, 1.54) is 7.11 Å². The molecule has 0 atom stereocenters. The van der Waals surface area contributed by atoms with Gasteiger partial charge in [0.2, 0.25) is 0 Å². The topological polar surface area (TPSA) is 43.4 Å². The molecule has 1 aromatic carbocycles. The first kappa shape index (κ1) is 11.5. The Morgan fingerprint density at radius 3 is 2.29 bits per heavy atom. The number of ether oxygens (including phenoxy) is 1. The van der Waals surface area contributed by atoms with E-state index in [0.29, 0.717) is 10.2 Å². The molecule has 0 aromatic heterocycles. The standard InChI is InChI=1S/C9H11ClO3Se/c1-13-8-2-4-9(5-3-8)14(11,12)7-6-10/h2-5H,6-7H2,1H3. The van der Waals surface area contributed by atoms with Crippen LogP contribution in [0.4, 0.5) is 0 Å². The second-order valence-electron chi connectivity index (χ2n) is 2.68. The van der Waals surface area contributed by atoms with Gasteiger partial charge in [-0.05, 0) is 0 Å². The fourth-order valence-electron chi connectivity index (χ4n) is 1.00. The molecule has 0 heterocycles. The molecule has 0 radical (unpaired) electrons. The number of rotatable bonds is 4. The van der Waals surface area contributed by atoms with Crippen LogP contribution in [0.1, 0.15) is 0 Å². The van der Waals surface area contributed by atoms with E-state index in [4.69, 9.17) is 16.3 Å². The van der Waals surface area contributed by atoms with Crippen molar-refractivity contribution >= 4 is 28.8 Å². The second kappa shape index (κ2) is 4.78. The van der Waals surface area contributed by atoms with Gasteiger partial charge in [-0.2, -0.15) is 0 Å². The third-order valence-corrected chi connectivity index (χ3v) is 6.10. The van der Waals surface area contributed by atoms with Crippen LogP contribution in [-0.2, 0) is 7.67 Å². The van der Waals surface area contributed by atoms with Gasteiger partial charge < -0.3 is 0 Å². The fourth-order valence-corrected chi connectivity index (χ4v) is 4.13. The zero-order valence-electron chi connectivity index (χ0n) is 7.73. The molecule has 0 spiro atoms. The van der Waals surface area contributed by atoms with Gasteiger partial charge in [-0.15, -0.1) is 0 Å². The van der Waals surface area contributed by atoms with Gasteiger partial charge in [0.15, 0.2) is 0 Å². The summed E-state index contributed by atoms with van der Waals surface area (Å²) >= 11 is 1.43. The minimum atomic E-state index is -3.98. The molecule has 0 unspecified atom stereocenters. The van der Waals surface area contributed by atoms with Gasteiger partial charge in [0, 0.05) is 0 Å². The Morgan fingerprint density at radius 2 is 1.86 bits per heavy atom. The first-order valence-corrected chi connectivity index (χ1v) is 8.03. The average Bonchev–Trinajstić information content (AvgIpc) is 2.18. The van der Waals surface area contributed by atoms with E-state index in [1.54, 1.807) is 24.3 Å². The minimum absolute atomic E-state index is 0.0321. The van der Waals surface area contributed by atoms with Gasteiger partial charge >= 0.3 is 89.5 Å². The van der Waals surface area contributed by atoms with E-state index in [9.17, 15) is 7.67 Å². The number of methoxy groups -OCH3 is 1. The molecular formula is C9H11ClO3Se. The molecule has 0 saturated heterocycles. The van der Waals surface area contributed by atoms with Crippen LogP contribution in [0.5, 0.6) is 5.75 Å². The first-order chi connectivity index (χ1) is 6.60. The molecule has 3 nitrogen and oxygen atoms in total. The predicted molar refractivity (Wildman–Crippen MR) is 55.3 cm³/mol. The molecular weight excluding hydrogens is 271 g/mol. The summed E-state index contributed by atoms with van der Waals surface area (Å²) in [6.07, 6.45) is 0. The molecule has 78 valence electrons. The Labute approximate surface area is 89.7 Å². The Kier molecular flexibility index (Phi) is 3.93. The third kappa shape index (κ3) is 2.71. The van der Waals surface area contributed by atoms with Crippen LogP contribution in [0.2, 0.25) is 5.32 Å². The molecule has 0 saturated carbocycles. The van der Waals surface area contributed by atoms with Crippen molar-refractivity contribution in [1.82, 2.24) is 0 Å². The first-order valence-electron chi connectivity index (χ1n) is 4.03. The summed E-state index contributed by atoms with van der Waals surface area (Å²) in [7, 11) is 1.54. The Bertz CT molecular complexity index is 383. The van der Waals surface area contributed by atoms with E-state index in [1.807, 2.05) is 0 Å². The van der Waals surface area contributed by atoms with Crippen molar-refractivity contribution in [2.75, 3.05) is 13.0 Å². The monoisotopic (exact) mass is 282 g/mol. The van der Waals surface area contributed by atoms with Crippen molar-refractivity contribution in [3.63, 3.8) is 0 Å². The Balaban J connectivity index is 2.97. The molecule has 1 aromatic rings. The van der Waals surface area contributed by atoms with Gasteiger partial charge in [0.25, 0.3) is 0 Å². The van der Waals surface area contributed by atoms with Gasteiger partial charge in [0.1, 0.15) is 0 Å². The van der Waals surface area contributed by atoms with Crippen LogP contribution in [0.15, 0.2) is 24.3 Å². The number of hydrogen-bond acceptors (Lipinski definition) is 3. The summed E-state index contributed by atoms with van der Waals surface area (Å²) in [4.78, 5) is 0. The maximum absolute atomic E-state index is 11.6. The molecule has 14 heavy (non-hydrogen) atoms. The molecule has 0 aliphatic carbocycles. The average molecular weight is 282 g/mol. The van der Waals surface area contributed by atoms with E-state index >= 15 is 0 Å². The molecule has 0 amide bonds. The SMILES string of the molecule is COc1ccc([Se](=O)(=O)CCCl)cc1. The van der Waals surface area contributed by atoms with Gasteiger partial charge in [-0.3, -0.25) is 0 Å². The molecule has 5 heteroatoms. The molecule has 0 N–H and O–H groups in total. The molecule has 1 rings (SSSR count). The summed E-state index contributed by atoms with van der Waals surface area (Å²) in [5.74, 6) is 0.784. The van der Waals surface area contributed by atoms with Crippen molar-refractivity contribution < 1.29 is 12.4 Å². The van der Waals surface area contributed by atoms with Crippen LogP contribution >= 0.6 is 11.6 Å². The summed E-state index contributed by atoms with van der Waals surface area (Å²) in [6.45, 7) is 0. The van der Waals surface area contributed by atoms with Crippen molar-refractivity contribution in [3.8, 4) is 5.75 Å². The van der Waals surface area contributed by atoms with Crippen LogP contribution in [0.25, 0.3) is 0 Å². The van der Waals surface area contributed by atoms with Crippen molar-refractivity contribution in [3.05, 3.63) is 24.3 Å². The summed E-state index contributed by atoms with van der Waals surface area (Å²) in [6, 6.07) is 6.35. The zero-order valence-corrected chi connectivity index (χ0v) is 10.2.